The van der Waals surface area contributed by atoms with Gasteiger partial charge in [-0.05, 0) is 29.2 Å². The Morgan fingerprint density at radius 3 is 2.56 bits per heavy atom. The van der Waals surface area contributed by atoms with Gasteiger partial charge in [0.1, 0.15) is 0 Å². The molecule has 130 valence electrons. The number of aromatic nitrogens is 3. The predicted octanol–water partition coefficient (Wildman–Crippen LogP) is 2.57. The van der Waals surface area contributed by atoms with Crippen LogP contribution in [0.25, 0.3) is 33.5 Å². The van der Waals surface area contributed by atoms with Crippen LogP contribution in [0.15, 0.2) is 65.7 Å². The Morgan fingerprint density at radius 2 is 1.81 bits per heavy atom. The number of hydrogen-bond acceptors (Lipinski definition) is 3. The van der Waals surface area contributed by atoms with Gasteiger partial charge in [0, 0.05) is 23.0 Å². The van der Waals surface area contributed by atoms with Crippen LogP contribution >= 0.6 is 0 Å². The molecule has 0 saturated heterocycles. The molecule has 5 aromatic rings. The molecule has 0 bridgehead atoms. The second-order valence-electron chi connectivity index (χ2n) is 6.33. The molecular weight excluding hydrogens is 342 g/mol. The molecule has 0 spiro atoms. The highest BCUT2D eigenvalue weighted by atomic mass is 16.4. The summed E-state index contributed by atoms with van der Waals surface area (Å²) in [6.07, 6.45) is 5.37. The highest BCUT2D eigenvalue weighted by Gasteiger charge is 2.13. The second-order valence-corrected chi connectivity index (χ2v) is 6.33. The van der Waals surface area contributed by atoms with Crippen LogP contribution < -0.4 is 10.8 Å². The number of aromatic carboxylic acids is 1. The molecule has 3 aromatic carbocycles. The number of carboxylic acids is 1. The third-order valence-corrected chi connectivity index (χ3v) is 4.77. The fourth-order valence-electron chi connectivity index (χ4n) is 3.56. The van der Waals surface area contributed by atoms with Gasteiger partial charge in [0.25, 0.3) is 5.56 Å². The molecule has 0 aliphatic heterocycles. The number of nitrogens with zero attached hydrogens (tertiary/aromatic N) is 2. The number of aromatic amines is 1. The van der Waals surface area contributed by atoms with Gasteiger partial charge in [-0.15, -0.1) is 0 Å². The summed E-state index contributed by atoms with van der Waals surface area (Å²) in [7, 11) is 0. The minimum atomic E-state index is -0.955. The second kappa shape index (κ2) is 5.54. The Hall–Kier alpha value is -3.93. The molecule has 0 atom stereocenters. The Labute approximate surface area is 152 Å². The van der Waals surface area contributed by atoms with Gasteiger partial charge in [0.15, 0.2) is 0 Å². The molecular formula is C21H13N3O3. The molecule has 0 fully saturated rings. The van der Waals surface area contributed by atoms with Crippen molar-refractivity contribution in [3.63, 3.8) is 0 Å². The Kier molecular flexibility index (Phi) is 3.14. The van der Waals surface area contributed by atoms with Crippen LogP contribution in [0, 0.1) is 0 Å². The van der Waals surface area contributed by atoms with Crippen molar-refractivity contribution in [2.75, 3.05) is 0 Å². The molecule has 6 heteroatoms. The first kappa shape index (κ1) is 15.3. The summed E-state index contributed by atoms with van der Waals surface area (Å²) in [4.78, 5) is 30.5. The van der Waals surface area contributed by atoms with E-state index in [1.165, 1.54) is 0 Å². The van der Waals surface area contributed by atoms with Crippen molar-refractivity contribution >= 4 is 39.5 Å². The van der Waals surface area contributed by atoms with Gasteiger partial charge in [0.2, 0.25) is 5.65 Å². The molecule has 5 rings (SSSR count). The summed E-state index contributed by atoms with van der Waals surface area (Å²) in [6.45, 7) is 0. The van der Waals surface area contributed by atoms with Crippen LogP contribution in [-0.4, -0.2) is 25.4 Å². The van der Waals surface area contributed by atoms with E-state index in [1.54, 1.807) is 41.1 Å². The van der Waals surface area contributed by atoms with Crippen molar-refractivity contribution in [1.82, 2.24) is 14.4 Å². The maximum absolute atomic E-state index is 12.4. The van der Waals surface area contributed by atoms with Crippen LogP contribution in [0.4, 0.5) is 0 Å². The Morgan fingerprint density at radius 1 is 1.07 bits per heavy atom. The van der Waals surface area contributed by atoms with Crippen molar-refractivity contribution in [2.45, 2.75) is 0 Å². The SMILES string of the molecule is O=C(O)c1ccc(C=c2c3ccccc3c3[nH]c(=O)c4nccn4c23)cc1. The van der Waals surface area contributed by atoms with Crippen molar-refractivity contribution in [3.8, 4) is 0 Å². The van der Waals surface area contributed by atoms with Gasteiger partial charge >= 0.3 is 5.97 Å². The van der Waals surface area contributed by atoms with Crippen LogP contribution in [0.1, 0.15) is 15.9 Å². The maximum Gasteiger partial charge on any atom is 0.335 e. The zero-order valence-electron chi connectivity index (χ0n) is 14.0. The zero-order valence-corrected chi connectivity index (χ0v) is 14.0. The lowest BCUT2D eigenvalue weighted by atomic mass is 10.1. The van der Waals surface area contributed by atoms with E-state index >= 15 is 0 Å². The molecule has 2 N–H and O–H groups in total. The van der Waals surface area contributed by atoms with Gasteiger partial charge in [-0.3, -0.25) is 9.20 Å². The van der Waals surface area contributed by atoms with Crippen LogP contribution in [0.2, 0.25) is 0 Å². The number of hydrogen-bond donors (Lipinski definition) is 2. The third kappa shape index (κ3) is 2.23. The van der Waals surface area contributed by atoms with Gasteiger partial charge in [-0.1, -0.05) is 36.4 Å². The fourth-order valence-corrected chi connectivity index (χ4v) is 3.56. The molecule has 2 heterocycles. The number of benzene rings is 2. The lowest BCUT2D eigenvalue weighted by Crippen LogP contribution is -2.13. The average Bonchev–Trinajstić information content (AvgIpc) is 3.27. The molecule has 0 aliphatic rings. The summed E-state index contributed by atoms with van der Waals surface area (Å²) in [5.41, 5.74) is 2.84. The van der Waals surface area contributed by atoms with E-state index < -0.39 is 5.97 Å². The van der Waals surface area contributed by atoms with Crippen molar-refractivity contribution in [1.29, 1.82) is 0 Å². The summed E-state index contributed by atoms with van der Waals surface area (Å²) < 4.78 is 1.80. The Balaban J connectivity index is 1.94. The van der Waals surface area contributed by atoms with E-state index in [4.69, 9.17) is 5.11 Å². The molecule has 2 aromatic heterocycles. The first-order valence-electron chi connectivity index (χ1n) is 8.38. The number of nitrogens with one attached hydrogen (secondary N) is 1. The van der Waals surface area contributed by atoms with Gasteiger partial charge in [-0.25, -0.2) is 9.78 Å². The minimum Gasteiger partial charge on any atom is -0.478 e. The molecule has 6 nitrogen and oxygen atoms in total. The molecule has 0 radical (unpaired) electrons. The van der Waals surface area contributed by atoms with Crippen LogP contribution in [0.5, 0.6) is 0 Å². The van der Waals surface area contributed by atoms with Gasteiger partial charge in [0.05, 0.1) is 16.6 Å². The topological polar surface area (TPSA) is 87.5 Å². The number of carboxylic acid groups (broad SMARTS) is 1. The number of imidazole rings is 1. The summed E-state index contributed by atoms with van der Waals surface area (Å²) >= 11 is 0. The maximum atomic E-state index is 12.4. The normalized spacial score (nSPS) is 12.4. The van der Waals surface area contributed by atoms with E-state index in [1.807, 2.05) is 30.3 Å². The number of carbonyl (C=O) groups is 1. The summed E-state index contributed by atoms with van der Waals surface area (Å²) in [5, 5.41) is 12.0. The monoisotopic (exact) mass is 355 g/mol. The molecule has 0 unspecified atom stereocenters. The van der Waals surface area contributed by atoms with E-state index in [9.17, 15) is 9.59 Å². The minimum absolute atomic E-state index is 0.236. The molecule has 0 aliphatic carbocycles. The molecule has 27 heavy (non-hydrogen) atoms. The first-order chi connectivity index (χ1) is 13.1. The predicted molar refractivity (Wildman–Crippen MR) is 103 cm³/mol. The van der Waals surface area contributed by atoms with E-state index in [0.29, 0.717) is 5.65 Å². The zero-order chi connectivity index (χ0) is 18.5. The lowest BCUT2D eigenvalue weighted by Gasteiger charge is -1.99. The average molecular weight is 355 g/mol. The van der Waals surface area contributed by atoms with Crippen molar-refractivity contribution in [2.24, 2.45) is 0 Å². The van der Waals surface area contributed by atoms with E-state index in [0.717, 1.165) is 32.6 Å². The van der Waals surface area contributed by atoms with Crippen molar-refractivity contribution in [3.05, 3.63) is 87.6 Å². The van der Waals surface area contributed by atoms with Gasteiger partial charge < -0.3 is 10.1 Å². The van der Waals surface area contributed by atoms with Crippen LogP contribution in [-0.2, 0) is 0 Å². The fraction of sp³-hybridized carbons (Fsp3) is 0. The summed E-state index contributed by atoms with van der Waals surface area (Å²) in [6, 6.07) is 14.6. The summed E-state index contributed by atoms with van der Waals surface area (Å²) in [5.74, 6) is -0.955. The molecule has 0 amide bonds. The third-order valence-electron chi connectivity index (χ3n) is 4.77. The van der Waals surface area contributed by atoms with Crippen LogP contribution in [0.3, 0.4) is 0 Å². The van der Waals surface area contributed by atoms with Gasteiger partial charge in [-0.2, -0.15) is 0 Å². The molecule has 0 saturated carbocycles. The lowest BCUT2D eigenvalue weighted by molar-refractivity contribution is 0.0697. The number of rotatable bonds is 2. The number of fused-ring (bicyclic) bond motifs is 5. The van der Waals surface area contributed by atoms with E-state index in [2.05, 4.69) is 9.97 Å². The van der Waals surface area contributed by atoms with Crippen molar-refractivity contribution < 1.29 is 9.90 Å². The standard InChI is InChI=1S/C21H13N3O3/c25-20-19-22-9-10-24(19)18-16(11-12-5-7-13(8-6-12)21(26)27)14-3-1-2-4-15(14)17(18)23-20/h1-11H,(H,23,25)(H,26,27). The number of H-pyrrole nitrogens is 1. The Bertz CT molecular complexity index is 1460. The van der Waals surface area contributed by atoms with E-state index in [-0.39, 0.29) is 11.1 Å². The highest BCUT2D eigenvalue weighted by molar-refractivity contribution is 6.10. The first-order valence-corrected chi connectivity index (χ1v) is 8.38. The largest absolute Gasteiger partial charge is 0.478 e. The smallest absolute Gasteiger partial charge is 0.335 e. The highest BCUT2D eigenvalue weighted by Crippen LogP contribution is 2.22. The quantitative estimate of drug-likeness (QED) is 0.509.